The van der Waals surface area contributed by atoms with Crippen LogP contribution in [0.25, 0.3) is 108 Å². The quantitative estimate of drug-likeness (QED) is 0.173. The summed E-state index contributed by atoms with van der Waals surface area (Å²) in [5.41, 5.74) is 9.37. The topological polar surface area (TPSA) is 13.1 Å². The van der Waals surface area contributed by atoms with Crippen LogP contribution in [0.15, 0.2) is 174 Å². The summed E-state index contributed by atoms with van der Waals surface area (Å²) >= 11 is 1.88. The van der Waals surface area contributed by atoms with Crippen molar-refractivity contribution in [3.8, 4) is 33.4 Å². The number of para-hydroxylation sites is 1. The van der Waals surface area contributed by atoms with Crippen molar-refractivity contribution < 1.29 is 4.42 Å². The monoisotopic (exact) mass is 652 g/mol. The second kappa shape index (κ2) is 10.6. The van der Waals surface area contributed by atoms with E-state index >= 15 is 0 Å². The molecule has 0 radical (unpaired) electrons. The van der Waals surface area contributed by atoms with Gasteiger partial charge >= 0.3 is 0 Å². The van der Waals surface area contributed by atoms with Crippen LogP contribution in [0.5, 0.6) is 0 Å². The van der Waals surface area contributed by atoms with Crippen LogP contribution in [0, 0.1) is 0 Å². The first-order valence-electron chi connectivity index (χ1n) is 17.1. The van der Waals surface area contributed by atoms with Crippen LogP contribution in [0.2, 0.25) is 0 Å². The van der Waals surface area contributed by atoms with Gasteiger partial charge in [0.25, 0.3) is 0 Å². The maximum absolute atomic E-state index is 6.28. The van der Waals surface area contributed by atoms with E-state index in [0.717, 1.165) is 11.2 Å². The molecule has 11 aromatic rings. The van der Waals surface area contributed by atoms with Crippen molar-refractivity contribution in [3.05, 3.63) is 170 Å². The van der Waals surface area contributed by atoms with Crippen molar-refractivity contribution in [1.29, 1.82) is 0 Å². The molecule has 0 bridgehead atoms. The second-order valence-corrected chi connectivity index (χ2v) is 14.2. The van der Waals surface area contributed by atoms with Gasteiger partial charge in [-0.3, -0.25) is 0 Å². The average Bonchev–Trinajstić information content (AvgIpc) is 3.75. The highest BCUT2D eigenvalue weighted by Gasteiger charge is 2.18. The third-order valence-corrected chi connectivity index (χ3v) is 11.7. The summed E-state index contributed by atoms with van der Waals surface area (Å²) in [6, 6.07) is 61.9. The Morgan fingerprint density at radius 1 is 0.340 bits per heavy atom. The molecule has 0 amide bonds. The molecule has 2 heterocycles. The third-order valence-electron chi connectivity index (χ3n) is 10.5. The number of benzene rings is 9. The normalized spacial score (nSPS) is 12.0. The van der Waals surface area contributed by atoms with Crippen molar-refractivity contribution in [1.82, 2.24) is 0 Å². The second-order valence-electron chi connectivity index (χ2n) is 13.2. The maximum Gasteiger partial charge on any atom is 0.136 e. The van der Waals surface area contributed by atoms with Gasteiger partial charge in [-0.05, 0) is 84.6 Å². The van der Waals surface area contributed by atoms with E-state index in [1.807, 2.05) is 17.4 Å². The number of furan rings is 1. The summed E-state index contributed by atoms with van der Waals surface area (Å²) in [5.74, 6) is 0. The van der Waals surface area contributed by atoms with Gasteiger partial charge in [-0.2, -0.15) is 0 Å². The van der Waals surface area contributed by atoms with Crippen LogP contribution < -0.4 is 0 Å². The fraction of sp³-hybridized carbons (Fsp3) is 0. The van der Waals surface area contributed by atoms with E-state index in [2.05, 4.69) is 164 Å². The van der Waals surface area contributed by atoms with Crippen LogP contribution >= 0.6 is 11.3 Å². The fourth-order valence-corrected chi connectivity index (χ4v) is 9.47. The minimum absolute atomic E-state index is 0.937. The zero-order chi connectivity index (χ0) is 32.8. The Bertz CT molecular complexity index is 3070. The van der Waals surface area contributed by atoms with E-state index in [0.29, 0.717) is 0 Å². The molecule has 0 aliphatic carbocycles. The van der Waals surface area contributed by atoms with Crippen LogP contribution in [-0.4, -0.2) is 0 Å². The Hall–Kier alpha value is -6.22. The molecule has 0 atom stereocenters. The number of rotatable bonds is 3. The minimum atomic E-state index is 0.937. The minimum Gasteiger partial charge on any atom is -0.456 e. The molecule has 0 saturated heterocycles. The Balaban J connectivity index is 1.07. The first kappa shape index (κ1) is 27.7. The first-order chi connectivity index (χ1) is 24.8. The molecule has 0 spiro atoms. The highest BCUT2D eigenvalue weighted by atomic mass is 32.1. The van der Waals surface area contributed by atoms with Gasteiger partial charge in [-0.1, -0.05) is 146 Å². The zero-order valence-electron chi connectivity index (χ0n) is 27.0. The molecule has 0 saturated carbocycles. The van der Waals surface area contributed by atoms with Gasteiger partial charge < -0.3 is 4.42 Å². The molecule has 50 heavy (non-hydrogen) atoms. The molecule has 2 heteroatoms. The van der Waals surface area contributed by atoms with E-state index in [1.54, 1.807) is 0 Å². The van der Waals surface area contributed by atoms with Gasteiger partial charge in [0, 0.05) is 36.3 Å². The van der Waals surface area contributed by atoms with Crippen molar-refractivity contribution in [2.45, 2.75) is 0 Å². The molecule has 9 aromatic carbocycles. The maximum atomic E-state index is 6.28. The predicted octanol–water partition coefficient (Wildman–Crippen LogP) is 14.4. The fourth-order valence-electron chi connectivity index (χ4n) is 8.22. The summed E-state index contributed by atoms with van der Waals surface area (Å²) in [6.07, 6.45) is 0. The van der Waals surface area contributed by atoms with Crippen LogP contribution in [-0.2, 0) is 0 Å². The Morgan fingerprint density at radius 2 is 0.900 bits per heavy atom. The lowest BCUT2D eigenvalue weighted by Crippen LogP contribution is -1.90. The smallest absolute Gasteiger partial charge is 0.136 e. The first-order valence-corrected chi connectivity index (χ1v) is 17.9. The Labute approximate surface area is 292 Å². The number of hydrogen-bond acceptors (Lipinski definition) is 2. The van der Waals surface area contributed by atoms with E-state index in [4.69, 9.17) is 4.42 Å². The molecule has 11 rings (SSSR count). The van der Waals surface area contributed by atoms with Crippen LogP contribution in [0.4, 0.5) is 0 Å². The van der Waals surface area contributed by atoms with E-state index < -0.39 is 0 Å². The SMILES string of the molecule is c1ccc(-c2c3ccccc3c(-c3ccc(-c4ccc5sc6c(ccc7ccc8oc9ccccc9c8c76)c5c4)cc3)c3ccccc23)cc1. The lowest BCUT2D eigenvalue weighted by atomic mass is 9.86. The highest BCUT2D eigenvalue weighted by molar-refractivity contribution is 7.26. The summed E-state index contributed by atoms with van der Waals surface area (Å²) < 4.78 is 8.90. The lowest BCUT2D eigenvalue weighted by molar-refractivity contribution is 0.669. The lowest BCUT2D eigenvalue weighted by Gasteiger charge is -2.18. The summed E-state index contributed by atoms with van der Waals surface area (Å²) in [4.78, 5) is 0. The molecule has 0 aliphatic heterocycles. The van der Waals surface area contributed by atoms with Gasteiger partial charge in [0.15, 0.2) is 0 Å². The zero-order valence-corrected chi connectivity index (χ0v) is 27.8. The van der Waals surface area contributed by atoms with Crippen molar-refractivity contribution in [3.63, 3.8) is 0 Å². The van der Waals surface area contributed by atoms with Crippen LogP contribution in [0.1, 0.15) is 0 Å². The number of hydrogen-bond donors (Lipinski definition) is 0. The molecular weight excluding hydrogens is 625 g/mol. The molecule has 2 aromatic heterocycles. The molecule has 0 aliphatic rings. The average molecular weight is 653 g/mol. The van der Waals surface area contributed by atoms with Gasteiger partial charge in [-0.25, -0.2) is 0 Å². The molecule has 0 fully saturated rings. The van der Waals surface area contributed by atoms with Crippen molar-refractivity contribution in [2.75, 3.05) is 0 Å². The van der Waals surface area contributed by atoms with Gasteiger partial charge in [0.1, 0.15) is 11.2 Å². The van der Waals surface area contributed by atoms with Crippen LogP contribution in [0.3, 0.4) is 0 Å². The summed E-state index contributed by atoms with van der Waals surface area (Å²) in [7, 11) is 0. The largest absolute Gasteiger partial charge is 0.456 e. The molecule has 0 N–H and O–H groups in total. The summed E-state index contributed by atoms with van der Waals surface area (Å²) in [6.45, 7) is 0. The molecule has 0 unspecified atom stereocenters. The van der Waals surface area contributed by atoms with Gasteiger partial charge in [-0.15, -0.1) is 11.3 Å². The number of thiophene rings is 1. The van der Waals surface area contributed by atoms with Crippen molar-refractivity contribution in [2.24, 2.45) is 0 Å². The molecule has 232 valence electrons. The Kier molecular flexibility index (Phi) is 5.89. The van der Waals surface area contributed by atoms with Gasteiger partial charge in [0.05, 0.1) is 0 Å². The molecule has 1 nitrogen and oxygen atoms in total. The van der Waals surface area contributed by atoms with E-state index in [1.165, 1.54) is 96.6 Å². The van der Waals surface area contributed by atoms with Crippen molar-refractivity contribution >= 4 is 85.8 Å². The number of fused-ring (bicyclic) bond motifs is 11. The third kappa shape index (κ3) is 4.00. The summed E-state index contributed by atoms with van der Waals surface area (Å²) in [5, 5.41) is 12.6. The highest BCUT2D eigenvalue weighted by Crippen LogP contribution is 2.46. The standard InChI is InChI=1S/C48H28OS/c1-2-10-30(11-3-1)44-34-12-4-6-14-36(34)45(37-15-7-5-13-35(37)44)31-20-18-29(19-21-31)33-24-27-43-40(28-33)38-25-22-32-23-26-42-47(46(32)48(38)50-43)39-16-8-9-17-41(39)49-42/h1-28H. The van der Waals surface area contributed by atoms with Gasteiger partial charge in [0.2, 0.25) is 0 Å². The predicted molar refractivity (Wildman–Crippen MR) is 215 cm³/mol. The Morgan fingerprint density at radius 3 is 1.60 bits per heavy atom. The van der Waals surface area contributed by atoms with E-state index in [9.17, 15) is 0 Å². The van der Waals surface area contributed by atoms with E-state index in [-0.39, 0.29) is 0 Å². The molecular formula is C48H28OS.